The Morgan fingerprint density at radius 1 is 1.14 bits per heavy atom. The predicted octanol–water partition coefficient (Wildman–Crippen LogP) is 2.67. The van der Waals surface area contributed by atoms with Crippen LogP contribution in [0.1, 0.15) is 35.2 Å². The number of fused-ring (bicyclic) bond motifs is 1. The topological polar surface area (TPSA) is 56.5 Å². The summed E-state index contributed by atoms with van der Waals surface area (Å²) in [5.74, 6) is 6.64. The maximum Gasteiger partial charge on any atom is 0.119 e. The minimum absolute atomic E-state index is 0.0590. The lowest BCUT2D eigenvalue weighted by molar-refractivity contribution is 0.134. The molecule has 110 valence electrons. The van der Waals surface area contributed by atoms with E-state index in [1.54, 1.807) is 0 Å². The maximum absolute atomic E-state index is 5.78. The van der Waals surface area contributed by atoms with Gasteiger partial charge >= 0.3 is 0 Å². The minimum atomic E-state index is -0.0590. The van der Waals surface area contributed by atoms with Crippen molar-refractivity contribution in [2.45, 2.75) is 26.2 Å². The summed E-state index contributed by atoms with van der Waals surface area (Å²) < 4.78 is 11.0. The van der Waals surface area contributed by atoms with Gasteiger partial charge < -0.3 is 9.47 Å². The lowest BCUT2D eigenvalue weighted by Crippen LogP contribution is -2.29. The summed E-state index contributed by atoms with van der Waals surface area (Å²) in [6.45, 7) is 4.02. The first-order valence-corrected chi connectivity index (χ1v) is 7.20. The molecule has 1 aliphatic rings. The van der Waals surface area contributed by atoms with Crippen molar-refractivity contribution in [1.82, 2.24) is 5.43 Å². The fourth-order valence-corrected chi connectivity index (χ4v) is 2.71. The van der Waals surface area contributed by atoms with Crippen LogP contribution in [0.2, 0.25) is 0 Å². The number of hydrazine groups is 1. The Morgan fingerprint density at radius 2 is 1.95 bits per heavy atom. The van der Waals surface area contributed by atoms with E-state index in [1.165, 1.54) is 11.1 Å². The van der Waals surface area contributed by atoms with Gasteiger partial charge in [0.1, 0.15) is 5.75 Å². The van der Waals surface area contributed by atoms with E-state index < -0.39 is 0 Å². The van der Waals surface area contributed by atoms with E-state index in [0.717, 1.165) is 16.9 Å². The molecule has 21 heavy (non-hydrogen) atoms. The van der Waals surface area contributed by atoms with Crippen LogP contribution in [0.3, 0.4) is 0 Å². The van der Waals surface area contributed by atoms with Crippen molar-refractivity contribution in [2.75, 3.05) is 6.61 Å². The van der Waals surface area contributed by atoms with Gasteiger partial charge in [-0.15, -0.1) is 0 Å². The zero-order valence-corrected chi connectivity index (χ0v) is 12.1. The van der Waals surface area contributed by atoms with E-state index in [4.69, 9.17) is 15.3 Å². The van der Waals surface area contributed by atoms with Gasteiger partial charge in [-0.25, -0.2) is 5.43 Å². The molecule has 0 fully saturated rings. The third-order valence-corrected chi connectivity index (χ3v) is 3.75. The molecule has 3 rings (SSSR count). The zero-order chi connectivity index (χ0) is 14.7. The van der Waals surface area contributed by atoms with Crippen molar-refractivity contribution < 1.29 is 9.47 Å². The maximum atomic E-state index is 5.78. The lowest BCUT2D eigenvalue weighted by Gasteiger charge is -2.18. The summed E-state index contributed by atoms with van der Waals surface area (Å²) >= 11 is 0. The molecular formula is C17H20N2O2. The monoisotopic (exact) mass is 284 g/mol. The highest BCUT2D eigenvalue weighted by atomic mass is 16.5. The Labute approximate surface area is 124 Å². The first-order valence-electron chi connectivity index (χ1n) is 7.20. The van der Waals surface area contributed by atoms with Crippen LogP contribution in [-0.4, -0.2) is 6.61 Å². The average Bonchev–Trinajstić information content (AvgIpc) is 2.96. The number of nitrogens with one attached hydrogen (secondary N) is 1. The SMILES string of the molecule is CCOc1cccc(C(NN)c2ccc3c(c2)COC3)c1. The Bertz CT molecular complexity index is 628. The molecule has 0 amide bonds. The first-order chi connectivity index (χ1) is 10.3. The van der Waals surface area contributed by atoms with Crippen molar-refractivity contribution in [2.24, 2.45) is 5.84 Å². The summed E-state index contributed by atoms with van der Waals surface area (Å²) in [7, 11) is 0. The third kappa shape index (κ3) is 2.93. The molecule has 4 nitrogen and oxygen atoms in total. The van der Waals surface area contributed by atoms with Gasteiger partial charge in [0.05, 0.1) is 25.9 Å². The fraction of sp³-hybridized carbons (Fsp3) is 0.294. The van der Waals surface area contributed by atoms with E-state index in [-0.39, 0.29) is 6.04 Å². The highest BCUT2D eigenvalue weighted by Gasteiger charge is 2.17. The lowest BCUT2D eigenvalue weighted by atomic mass is 9.96. The summed E-state index contributed by atoms with van der Waals surface area (Å²) in [5.41, 5.74) is 7.62. The summed E-state index contributed by atoms with van der Waals surface area (Å²) in [5, 5.41) is 0. The van der Waals surface area contributed by atoms with Gasteiger partial charge in [-0.05, 0) is 41.3 Å². The van der Waals surface area contributed by atoms with Crippen LogP contribution in [0.25, 0.3) is 0 Å². The van der Waals surface area contributed by atoms with E-state index in [0.29, 0.717) is 19.8 Å². The number of hydrogen-bond acceptors (Lipinski definition) is 4. The Kier molecular flexibility index (Phi) is 4.20. The first kappa shape index (κ1) is 14.1. The summed E-state index contributed by atoms with van der Waals surface area (Å²) in [4.78, 5) is 0. The molecule has 2 aromatic carbocycles. The highest BCUT2D eigenvalue weighted by molar-refractivity contribution is 5.40. The van der Waals surface area contributed by atoms with E-state index in [2.05, 4.69) is 29.7 Å². The molecule has 1 heterocycles. The van der Waals surface area contributed by atoms with Gasteiger partial charge in [0, 0.05) is 0 Å². The minimum Gasteiger partial charge on any atom is -0.494 e. The molecule has 0 radical (unpaired) electrons. The second-order valence-electron chi connectivity index (χ2n) is 5.13. The molecule has 0 saturated carbocycles. The molecular weight excluding hydrogens is 264 g/mol. The van der Waals surface area contributed by atoms with Crippen LogP contribution in [0.15, 0.2) is 42.5 Å². The Balaban J connectivity index is 1.92. The molecule has 3 N–H and O–H groups in total. The molecule has 1 atom stereocenters. The average molecular weight is 284 g/mol. The van der Waals surface area contributed by atoms with Gasteiger partial charge in [0.25, 0.3) is 0 Å². The van der Waals surface area contributed by atoms with Gasteiger partial charge in [0.15, 0.2) is 0 Å². The molecule has 0 saturated heterocycles. The largest absolute Gasteiger partial charge is 0.494 e. The summed E-state index contributed by atoms with van der Waals surface area (Å²) in [6, 6.07) is 14.4. The predicted molar refractivity (Wildman–Crippen MR) is 81.7 cm³/mol. The van der Waals surface area contributed by atoms with Gasteiger partial charge in [-0.3, -0.25) is 5.84 Å². The second-order valence-corrected chi connectivity index (χ2v) is 5.13. The molecule has 1 unspecified atom stereocenters. The molecule has 1 aliphatic heterocycles. The summed E-state index contributed by atoms with van der Waals surface area (Å²) in [6.07, 6.45) is 0. The third-order valence-electron chi connectivity index (χ3n) is 3.75. The second kappa shape index (κ2) is 6.26. The Morgan fingerprint density at radius 3 is 2.76 bits per heavy atom. The van der Waals surface area contributed by atoms with Crippen molar-refractivity contribution >= 4 is 0 Å². The van der Waals surface area contributed by atoms with Gasteiger partial charge in [-0.1, -0.05) is 30.3 Å². The number of hydrogen-bond donors (Lipinski definition) is 2. The van der Waals surface area contributed by atoms with Crippen molar-refractivity contribution in [3.8, 4) is 5.75 Å². The van der Waals surface area contributed by atoms with Crippen molar-refractivity contribution in [1.29, 1.82) is 0 Å². The Hall–Kier alpha value is -1.88. The van der Waals surface area contributed by atoms with E-state index >= 15 is 0 Å². The quantitative estimate of drug-likeness (QED) is 0.654. The molecule has 0 aliphatic carbocycles. The normalized spacial score (nSPS) is 14.8. The number of benzene rings is 2. The molecule has 0 spiro atoms. The van der Waals surface area contributed by atoms with Gasteiger partial charge in [-0.2, -0.15) is 0 Å². The number of ether oxygens (including phenoxy) is 2. The van der Waals surface area contributed by atoms with Crippen molar-refractivity contribution in [3.05, 3.63) is 64.7 Å². The molecule has 0 bridgehead atoms. The van der Waals surface area contributed by atoms with Crippen LogP contribution >= 0.6 is 0 Å². The van der Waals surface area contributed by atoms with Crippen molar-refractivity contribution in [3.63, 3.8) is 0 Å². The highest BCUT2D eigenvalue weighted by Crippen LogP contribution is 2.28. The number of nitrogens with two attached hydrogens (primary N) is 1. The van der Waals surface area contributed by atoms with Crippen LogP contribution in [-0.2, 0) is 18.0 Å². The van der Waals surface area contributed by atoms with E-state index in [9.17, 15) is 0 Å². The van der Waals surface area contributed by atoms with E-state index in [1.807, 2.05) is 25.1 Å². The zero-order valence-electron chi connectivity index (χ0n) is 12.1. The molecule has 0 aromatic heterocycles. The molecule has 2 aromatic rings. The van der Waals surface area contributed by atoms with Gasteiger partial charge in [0.2, 0.25) is 0 Å². The standard InChI is InChI=1S/C17H20N2O2/c1-2-21-16-5-3-4-12(9-16)17(19-18)13-6-7-14-10-20-11-15(14)8-13/h3-9,17,19H,2,10-11,18H2,1H3. The molecule has 4 heteroatoms. The van der Waals surface area contributed by atoms with Crippen LogP contribution < -0.4 is 16.0 Å². The van der Waals surface area contributed by atoms with Crippen LogP contribution in [0, 0.1) is 0 Å². The van der Waals surface area contributed by atoms with Crippen LogP contribution in [0.4, 0.5) is 0 Å². The number of rotatable bonds is 5. The smallest absolute Gasteiger partial charge is 0.119 e. The van der Waals surface area contributed by atoms with Crippen LogP contribution in [0.5, 0.6) is 5.75 Å². The fourth-order valence-electron chi connectivity index (χ4n) is 2.71.